The molecule has 0 aromatic carbocycles. The molecule has 0 aliphatic heterocycles. The van der Waals surface area contributed by atoms with E-state index in [9.17, 15) is 9.59 Å². The van der Waals surface area contributed by atoms with E-state index >= 15 is 0 Å². The number of nitrogens with one attached hydrogen (secondary N) is 1. The summed E-state index contributed by atoms with van der Waals surface area (Å²) in [6.45, 7) is 2.38. The highest BCUT2D eigenvalue weighted by molar-refractivity contribution is 5.75. The van der Waals surface area contributed by atoms with Gasteiger partial charge in [0.25, 0.3) is 0 Å². The summed E-state index contributed by atoms with van der Waals surface area (Å²) in [6.07, 6.45) is 1.49. The summed E-state index contributed by atoms with van der Waals surface area (Å²) in [6, 6.07) is 1.50. The lowest BCUT2D eigenvalue weighted by atomic mass is 10.2. The van der Waals surface area contributed by atoms with Gasteiger partial charge >= 0.3 is 12.0 Å². The molecular weight excluding hydrogens is 224 g/mol. The first kappa shape index (κ1) is 13.1. The number of carboxylic acids is 1. The van der Waals surface area contributed by atoms with Gasteiger partial charge in [0.2, 0.25) is 0 Å². The third kappa shape index (κ3) is 4.18. The first-order valence-corrected chi connectivity index (χ1v) is 5.24. The van der Waals surface area contributed by atoms with Gasteiger partial charge in [-0.1, -0.05) is 0 Å². The van der Waals surface area contributed by atoms with Gasteiger partial charge in [-0.15, -0.1) is 0 Å². The summed E-state index contributed by atoms with van der Waals surface area (Å²) in [5.41, 5.74) is 0.931. The predicted molar refractivity (Wildman–Crippen MR) is 60.6 cm³/mol. The molecule has 0 saturated carbocycles. The molecular formula is C11H16N2O4. The predicted octanol–water partition coefficient (Wildman–Crippen LogP) is 1.20. The van der Waals surface area contributed by atoms with Gasteiger partial charge in [0.1, 0.15) is 5.76 Å². The Labute approximate surface area is 99.2 Å². The zero-order valence-corrected chi connectivity index (χ0v) is 9.90. The number of carboxylic acid groups (broad SMARTS) is 1. The third-order valence-corrected chi connectivity index (χ3v) is 2.34. The number of urea groups is 1. The van der Waals surface area contributed by atoms with Gasteiger partial charge in [-0.3, -0.25) is 4.79 Å². The summed E-state index contributed by atoms with van der Waals surface area (Å²) in [5, 5.41) is 11.0. The van der Waals surface area contributed by atoms with Crippen LogP contribution in [0.3, 0.4) is 0 Å². The van der Waals surface area contributed by atoms with E-state index in [1.165, 1.54) is 4.90 Å². The summed E-state index contributed by atoms with van der Waals surface area (Å²) in [4.78, 5) is 23.3. The highest BCUT2D eigenvalue weighted by atomic mass is 16.4. The molecule has 0 bridgehead atoms. The minimum atomic E-state index is -0.932. The number of rotatable bonds is 5. The Kier molecular flexibility index (Phi) is 4.56. The molecule has 1 rings (SSSR count). The fourth-order valence-electron chi connectivity index (χ4n) is 1.31. The molecule has 0 atom stereocenters. The minimum Gasteiger partial charge on any atom is -0.481 e. The molecule has 1 heterocycles. The van der Waals surface area contributed by atoms with Crippen molar-refractivity contribution in [2.45, 2.75) is 19.9 Å². The van der Waals surface area contributed by atoms with Gasteiger partial charge in [-0.2, -0.15) is 0 Å². The SMILES string of the molecule is Cc1occc1CN(C)C(=O)NCCC(=O)O. The van der Waals surface area contributed by atoms with Crippen LogP contribution in [0.1, 0.15) is 17.7 Å². The number of carbonyl (C=O) groups is 2. The summed E-state index contributed by atoms with van der Waals surface area (Å²) >= 11 is 0. The fourth-order valence-corrected chi connectivity index (χ4v) is 1.31. The maximum atomic E-state index is 11.6. The third-order valence-electron chi connectivity index (χ3n) is 2.34. The Balaban J connectivity index is 2.37. The smallest absolute Gasteiger partial charge is 0.317 e. The summed E-state index contributed by atoms with van der Waals surface area (Å²) in [7, 11) is 1.64. The molecule has 17 heavy (non-hydrogen) atoms. The van der Waals surface area contributed by atoms with E-state index in [-0.39, 0.29) is 19.0 Å². The van der Waals surface area contributed by atoms with Crippen LogP contribution in [0.4, 0.5) is 4.79 Å². The molecule has 2 amide bonds. The highest BCUT2D eigenvalue weighted by Crippen LogP contribution is 2.10. The van der Waals surface area contributed by atoms with Gasteiger partial charge < -0.3 is 19.7 Å². The molecule has 0 unspecified atom stereocenters. The molecule has 6 heteroatoms. The number of amides is 2. The van der Waals surface area contributed by atoms with Crippen molar-refractivity contribution in [2.24, 2.45) is 0 Å². The van der Waals surface area contributed by atoms with Crippen LogP contribution in [0.25, 0.3) is 0 Å². The first-order valence-electron chi connectivity index (χ1n) is 5.24. The van der Waals surface area contributed by atoms with Crippen LogP contribution in [0.15, 0.2) is 16.7 Å². The van der Waals surface area contributed by atoms with Crippen LogP contribution in [-0.2, 0) is 11.3 Å². The average molecular weight is 240 g/mol. The average Bonchev–Trinajstić information content (AvgIpc) is 2.63. The lowest BCUT2D eigenvalue weighted by molar-refractivity contribution is -0.136. The number of hydrogen-bond donors (Lipinski definition) is 2. The van der Waals surface area contributed by atoms with Gasteiger partial charge in [0.05, 0.1) is 19.2 Å². The van der Waals surface area contributed by atoms with Crippen LogP contribution in [0.5, 0.6) is 0 Å². The standard InChI is InChI=1S/C11H16N2O4/c1-8-9(4-6-17-8)7-13(2)11(16)12-5-3-10(14)15/h4,6H,3,5,7H2,1-2H3,(H,12,16)(H,14,15). The van der Waals surface area contributed by atoms with Crippen molar-refractivity contribution in [1.29, 1.82) is 0 Å². The Morgan fingerprint density at radius 3 is 2.76 bits per heavy atom. The molecule has 1 aromatic rings. The number of carbonyl (C=O) groups excluding carboxylic acids is 1. The van der Waals surface area contributed by atoms with E-state index in [2.05, 4.69) is 5.32 Å². The Morgan fingerprint density at radius 2 is 2.24 bits per heavy atom. The molecule has 94 valence electrons. The quantitative estimate of drug-likeness (QED) is 0.810. The Bertz CT molecular complexity index is 400. The summed E-state index contributed by atoms with van der Waals surface area (Å²) < 4.78 is 5.12. The van der Waals surface area contributed by atoms with Crippen molar-refractivity contribution in [3.05, 3.63) is 23.7 Å². The van der Waals surface area contributed by atoms with E-state index in [0.717, 1.165) is 11.3 Å². The topological polar surface area (TPSA) is 82.8 Å². The largest absolute Gasteiger partial charge is 0.481 e. The minimum absolute atomic E-state index is 0.0790. The van der Waals surface area contributed by atoms with Gasteiger partial charge in [-0.05, 0) is 13.0 Å². The van der Waals surface area contributed by atoms with Crippen LogP contribution in [0.2, 0.25) is 0 Å². The number of aryl methyl sites for hydroxylation is 1. The molecule has 0 aliphatic rings. The highest BCUT2D eigenvalue weighted by Gasteiger charge is 2.11. The van der Waals surface area contributed by atoms with Crippen LogP contribution in [0, 0.1) is 6.92 Å². The van der Waals surface area contributed by atoms with Crippen molar-refractivity contribution in [3.8, 4) is 0 Å². The number of furan rings is 1. The lowest BCUT2D eigenvalue weighted by Crippen LogP contribution is -2.37. The van der Waals surface area contributed by atoms with E-state index in [0.29, 0.717) is 6.54 Å². The van der Waals surface area contributed by atoms with E-state index < -0.39 is 5.97 Å². The zero-order chi connectivity index (χ0) is 12.8. The monoisotopic (exact) mass is 240 g/mol. The molecule has 0 radical (unpaired) electrons. The van der Waals surface area contributed by atoms with Crippen molar-refractivity contribution in [1.82, 2.24) is 10.2 Å². The molecule has 6 nitrogen and oxygen atoms in total. The van der Waals surface area contributed by atoms with Crippen molar-refractivity contribution >= 4 is 12.0 Å². The molecule has 0 saturated heterocycles. The molecule has 2 N–H and O–H groups in total. The van der Waals surface area contributed by atoms with Crippen LogP contribution in [-0.4, -0.2) is 35.6 Å². The molecule has 0 spiro atoms. The molecule has 0 aliphatic carbocycles. The normalized spacial score (nSPS) is 10.0. The second-order valence-corrected chi connectivity index (χ2v) is 3.73. The van der Waals surface area contributed by atoms with Gasteiger partial charge in [0, 0.05) is 19.2 Å². The Hall–Kier alpha value is -1.98. The maximum Gasteiger partial charge on any atom is 0.317 e. The number of aliphatic carboxylic acids is 1. The van der Waals surface area contributed by atoms with Gasteiger partial charge in [-0.25, -0.2) is 4.79 Å². The van der Waals surface area contributed by atoms with Crippen LogP contribution < -0.4 is 5.32 Å². The second-order valence-electron chi connectivity index (χ2n) is 3.73. The second kappa shape index (κ2) is 5.93. The van der Waals surface area contributed by atoms with E-state index in [4.69, 9.17) is 9.52 Å². The van der Waals surface area contributed by atoms with Crippen molar-refractivity contribution in [3.63, 3.8) is 0 Å². The van der Waals surface area contributed by atoms with Crippen molar-refractivity contribution in [2.75, 3.05) is 13.6 Å². The maximum absolute atomic E-state index is 11.6. The van der Waals surface area contributed by atoms with Crippen LogP contribution >= 0.6 is 0 Å². The number of hydrogen-bond acceptors (Lipinski definition) is 3. The first-order chi connectivity index (χ1) is 8.00. The lowest BCUT2D eigenvalue weighted by Gasteiger charge is -2.17. The zero-order valence-electron chi connectivity index (χ0n) is 9.90. The number of nitrogens with zero attached hydrogens (tertiary/aromatic N) is 1. The Morgan fingerprint density at radius 1 is 1.53 bits per heavy atom. The van der Waals surface area contributed by atoms with Crippen molar-refractivity contribution < 1.29 is 19.1 Å². The summed E-state index contributed by atoms with van der Waals surface area (Å²) in [5.74, 6) is -0.159. The molecule has 1 aromatic heterocycles. The van der Waals surface area contributed by atoms with E-state index in [1.807, 2.05) is 6.92 Å². The van der Waals surface area contributed by atoms with E-state index in [1.54, 1.807) is 19.4 Å². The fraction of sp³-hybridized carbons (Fsp3) is 0.455. The van der Waals surface area contributed by atoms with Gasteiger partial charge in [0.15, 0.2) is 0 Å². The molecule has 0 fully saturated rings.